The SMILES string of the molecule is CC(=O)N(C)C.[O-2].[O-2].[Ti+4]. The van der Waals surface area contributed by atoms with Crippen LogP contribution in [0.1, 0.15) is 6.92 Å². The van der Waals surface area contributed by atoms with Crippen molar-refractivity contribution in [3.63, 3.8) is 0 Å². The summed E-state index contributed by atoms with van der Waals surface area (Å²) in [5, 5.41) is 0. The molecule has 52 valence electrons. The summed E-state index contributed by atoms with van der Waals surface area (Å²) >= 11 is 0. The first-order chi connectivity index (χ1) is 2.64. The van der Waals surface area contributed by atoms with Gasteiger partial charge in [-0.05, 0) is 0 Å². The predicted molar refractivity (Wildman–Crippen MR) is 25.7 cm³/mol. The molecule has 0 spiro atoms. The molecule has 0 saturated heterocycles. The van der Waals surface area contributed by atoms with Crippen LogP contribution in [-0.4, -0.2) is 24.9 Å². The second-order valence-corrected chi connectivity index (χ2v) is 1.41. The summed E-state index contributed by atoms with van der Waals surface area (Å²) in [5.74, 6) is 0.0926. The Morgan fingerprint density at radius 1 is 1.22 bits per heavy atom. The van der Waals surface area contributed by atoms with Crippen molar-refractivity contribution in [1.82, 2.24) is 4.90 Å². The summed E-state index contributed by atoms with van der Waals surface area (Å²) in [5.41, 5.74) is 0. The van der Waals surface area contributed by atoms with Crippen LogP contribution in [0.5, 0.6) is 0 Å². The minimum absolute atomic E-state index is 0. The maximum atomic E-state index is 10.1. The van der Waals surface area contributed by atoms with Crippen LogP contribution in [0.15, 0.2) is 0 Å². The van der Waals surface area contributed by atoms with Crippen molar-refractivity contribution in [2.75, 3.05) is 14.1 Å². The molecule has 0 bridgehead atoms. The van der Waals surface area contributed by atoms with E-state index in [9.17, 15) is 4.79 Å². The van der Waals surface area contributed by atoms with Gasteiger partial charge in [-0.15, -0.1) is 0 Å². The van der Waals surface area contributed by atoms with Crippen LogP contribution in [0, 0.1) is 0 Å². The molecule has 0 aliphatic carbocycles. The fourth-order valence-electron chi connectivity index (χ4n) is 0. The summed E-state index contributed by atoms with van der Waals surface area (Å²) < 4.78 is 0. The van der Waals surface area contributed by atoms with Crippen LogP contribution in [0.3, 0.4) is 0 Å². The van der Waals surface area contributed by atoms with Gasteiger partial charge in [-0.1, -0.05) is 0 Å². The van der Waals surface area contributed by atoms with Gasteiger partial charge in [-0.25, -0.2) is 0 Å². The molecule has 0 N–H and O–H groups in total. The Bertz CT molecular complexity index is 66.8. The van der Waals surface area contributed by atoms with E-state index >= 15 is 0 Å². The maximum Gasteiger partial charge on any atom is 4.00 e. The fraction of sp³-hybridized carbons (Fsp3) is 0.750. The van der Waals surface area contributed by atoms with Gasteiger partial charge in [0.2, 0.25) is 5.91 Å². The molecule has 0 heterocycles. The quantitative estimate of drug-likeness (QED) is 0.462. The fourth-order valence-corrected chi connectivity index (χ4v) is 0. The van der Waals surface area contributed by atoms with E-state index in [0.29, 0.717) is 0 Å². The van der Waals surface area contributed by atoms with E-state index in [1.54, 1.807) is 14.1 Å². The minimum Gasteiger partial charge on any atom is -2.00 e. The molecule has 0 rings (SSSR count). The summed E-state index contributed by atoms with van der Waals surface area (Å²) in [6.45, 7) is 1.53. The Balaban J connectivity index is -0.0000000417. The Morgan fingerprint density at radius 2 is 1.33 bits per heavy atom. The number of carbonyl (C=O) groups excluding carboxylic acids is 1. The van der Waals surface area contributed by atoms with Crippen LogP contribution in [0.4, 0.5) is 0 Å². The molecule has 0 fully saturated rings. The monoisotopic (exact) mass is 167 g/mol. The van der Waals surface area contributed by atoms with Crippen molar-refractivity contribution in [3.05, 3.63) is 0 Å². The number of amides is 1. The molecule has 5 heteroatoms. The molecule has 0 aromatic rings. The largest absolute Gasteiger partial charge is 4.00 e. The summed E-state index contributed by atoms with van der Waals surface area (Å²) in [6, 6.07) is 0. The van der Waals surface area contributed by atoms with Crippen molar-refractivity contribution in [2.24, 2.45) is 0 Å². The molecule has 0 radical (unpaired) electrons. The summed E-state index contributed by atoms with van der Waals surface area (Å²) in [7, 11) is 3.45. The third-order valence-electron chi connectivity index (χ3n) is 0.630. The van der Waals surface area contributed by atoms with Gasteiger partial charge in [0.15, 0.2) is 0 Å². The van der Waals surface area contributed by atoms with Crippen LogP contribution in [0.2, 0.25) is 0 Å². The first-order valence-corrected chi connectivity index (χ1v) is 1.82. The normalized spacial score (nSPS) is 5.22. The van der Waals surface area contributed by atoms with Gasteiger partial charge in [-0.3, -0.25) is 4.79 Å². The van der Waals surface area contributed by atoms with E-state index in [2.05, 4.69) is 0 Å². The summed E-state index contributed by atoms with van der Waals surface area (Å²) in [6.07, 6.45) is 0. The molecule has 0 aromatic carbocycles. The molecule has 0 unspecified atom stereocenters. The maximum absolute atomic E-state index is 10.1. The molecule has 0 aromatic heterocycles. The zero-order chi connectivity index (χ0) is 5.15. The van der Waals surface area contributed by atoms with E-state index in [4.69, 9.17) is 0 Å². The van der Waals surface area contributed by atoms with E-state index in [1.165, 1.54) is 11.8 Å². The van der Waals surface area contributed by atoms with E-state index < -0.39 is 0 Å². The molecule has 0 saturated carbocycles. The number of rotatable bonds is 0. The third kappa shape index (κ3) is 17.9. The Labute approximate surface area is 69.7 Å². The topological polar surface area (TPSA) is 77.3 Å². The minimum atomic E-state index is 0. The van der Waals surface area contributed by atoms with Crippen LogP contribution in [0.25, 0.3) is 0 Å². The van der Waals surface area contributed by atoms with Gasteiger partial charge in [0.1, 0.15) is 0 Å². The van der Waals surface area contributed by atoms with Crippen molar-refractivity contribution >= 4 is 5.91 Å². The van der Waals surface area contributed by atoms with Crippen molar-refractivity contribution in [1.29, 1.82) is 0 Å². The predicted octanol–water partition coefficient (Wildman–Crippen LogP) is -0.146. The first-order valence-electron chi connectivity index (χ1n) is 1.82. The average molecular weight is 167 g/mol. The molecule has 0 aliphatic rings. The first kappa shape index (κ1) is 23.0. The van der Waals surface area contributed by atoms with Gasteiger partial charge in [0.25, 0.3) is 0 Å². The standard InChI is InChI=1S/C4H9NO.2O.Ti/c1-4(6)5(2)3;;;/h1-3H3;;;/q;2*-2;+4. The van der Waals surface area contributed by atoms with Gasteiger partial charge >= 0.3 is 21.7 Å². The van der Waals surface area contributed by atoms with Crippen LogP contribution >= 0.6 is 0 Å². The number of carbonyl (C=O) groups is 1. The van der Waals surface area contributed by atoms with E-state index in [1.807, 2.05) is 0 Å². The van der Waals surface area contributed by atoms with Gasteiger partial charge < -0.3 is 15.9 Å². The third-order valence-corrected chi connectivity index (χ3v) is 0.630. The molecule has 0 aliphatic heterocycles. The van der Waals surface area contributed by atoms with Crippen molar-refractivity contribution in [2.45, 2.75) is 6.92 Å². The van der Waals surface area contributed by atoms with Gasteiger partial charge in [0.05, 0.1) is 0 Å². The Morgan fingerprint density at radius 3 is 1.33 bits per heavy atom. The van der Waals surface area contributed by atoms with Crippen molar-refractivity contribution in [3.8, 4) is 0 Å². The van der Waals surface area contributed by atoms with E-state index in [-0.39, 0.29) is 38.6 Å². The van der Waals surface area contributed by atoms with Crippen molar-refractivity contribution < 1.29 is 37.5 Å². The number of hydrogen-bond acceptors (Lipinski definition) is 1. The van der Waals surface area contributed by atoms with Crippen LogP contribution in [-0.2, 0) is 37.5 Å². The number of nitrogens with zero attached hydrogens (tertiary/aromatic N) is 1. The molecule has 0 atom stereocenters. The zero-order valence-corrected chi connectivity index (χ0v) is 7.23. The second-order valence-electron chi connectivity index (χ2n) is 1.41. The molecule has 4 nitrogen and oxygen atoms in total. The molecule has 1 amide bonds. The van der Waals surface area contributed by atoms with Crippen LogP contribution < -0.4 is 0 Å². The average Bonchev–Trinajstić information content (AvgIpc) is 1.36. The molecule has 9 heavy (non-hydrogen) atoms. The van der Waals surface area contributed by atoms with Gasteiger partial charge in [-0.2, -0.15) is 0 Å². The smallest absolute Gasteiger partial charge is 2.00 e. The van der Waals surface area contributed by atoms with E-state index in [0.717, 1.165) is 0 Å². The molecular weight excluding hydrogens is 158 g/mol. The Kier molecular flexibility index (Phi) is 28.0. The summed E-state index contributed by atoms with van der Waals surface area (Å²) in [4.78, 5) is 11.6. The number of hydrogen-bond donors (Lipinski definition) is 0. The van der Waals surface area contributed by atoms with Gasteiger partial charge in [0, 0.05) is 21.0 Å². The Hall–Kier alpha value is 0.104. The second kappa shape index (κ2) is 11.0. The zero-order valence-electron chi connectivity index (χ0n) is 5.67. The molecular formula is C4H9NO3Ti.